The summed E-state index contributed by atoms with van der Waals surface area (Å²) < 4.78 is 0. The first kappa shape index (κ1) is 15.2. The smallest absolute Gasteiger partial charge is 0.261 e. The molecule has 0 radical (unpaired) electrons. The Morgan fingerprint density at radius 2 is 2.24 bits per heavy atom. The van der Waals surface area contributed by atoms with Crippen LogP contribution >= 0.6 is 11.3 Å². The molecule has 0 saturated heterocycles. The predicted octanol–water partition coefficient (Wildman–Crippen LogP) is 0.901. The first-order chi connectivity index (χ1) is 10.0. The molecule has 0 aromatic carbocycles. The molecule has 0 bridgehead atoms. The molecule has 0 aliphatic heterocycles. The third-order valence-electron chi connectivity index (χ3n) is 2.54. The van der Waals surface area contributed by atoms with Gasteiger partial charge in [-0.15, -0.1) is 11.3 Å². The lowest BCUT2D eigenvalue weighted by Crippen LogP contribution is -2.32. The summed E-state index contributed by atoms with van der Waals surface area (Å²) in [6.07, 6.45) is 0. The van der Waals surface area contributed by atoms with Crippen molar-refractivity contribution in [2.24, 2.45) is 0 Å². The summed E-state index contributed by atoms with van der Waals surface area (Å²) in [5.41, 5.74) is 0.901. The van der Waals surface area contributed by atoms with E-state index in [4.69, 9.17) is 0 Å². The van der Waals surface area contributed by atoms with E-state index < -0.39 is 0 Å². The van der Waals surface area contributed by atoms with Crippen molar-refractivity contribution in [1.29, 1.82) is 0 Å². The summed E-state index contributed by atoms with van der Waals surface area (Å²) in [4.78, 5) is 26.0. The molecule has 2 aromatic heterocycles. The number of nitrogens with zero attached hydrogens (tertiary/aromatic N) is 2. The fraction of sp³-hybridized carbons (Fsp3) is 0.308. The lowest BCUT2D eigenvalue weighted by atomic mass is 10.4. The zero-order valence-electron chi connectivity index (χ0n) is 11.8. The average molecular weight is 307 g/mol. The summed E-state index contributed by atoms with van der Waals surface area (Å²) in [6, 6.07) is 5.26. The van der Waals surface area contributed by atoms with E-state index in [0.29, 0.717) is 17.2 Å². The summed E-state index contributed by atoms with van der Waals surface area (Å²) in [5, 5.41) is 13.8. The van der Waals surface area contributed by atoms with Gasteiger partial charge >= 0.3 is 0 Å². The highest BCUT2D eigenvalue weighted by atomic mass is 32.1. The SMILES string of the molecule is CN(C)Cc1cc(NC(=O)CNC(=O)c2cccs2)n[nH]1. The van der Waals surface area contributed by atoms with Gasteiger partial charge in [-0.1, -0.05) is 6.07 Å². The normalized spacial score (nSPS) is 10.6. The number of carbonyl (C=O) groups excluding carboxylic acids is 2. The second kappa shape index (κ2) is 7.00. The molecule has 0 aliphatic carbocycles. The van der Waals surface area contributed by atoms with E-state index in [-0.39, 0.29) is 18.4 Å². The van der Waals surface area contributed by atoms with E-state index in [2.05, 4.69) is 20.8 Å². The van der Waals surface area contributed by atoms with Crippen LogP contribution in [0.25, 0.3) is 0 Å². The van der Waals surface area contributed by atoms with Crippen LogP contribution in [-0.2, 0) is 11.3 Å². The van der Waals surface area contributed by atoms with Crippen LogP contribution in [0.2, 0.25) is 0 Å². The number of hydrogen-bond donors (Lipinski definition) is 3. The van der Waals surface area contributed by atoms with Crippen LogP contribution in [0.5, 0.6) is 0 Å². The van der Waals surface area contributed by atoms with Crippen LogP contribution in [0, 0.1) is 0 Å². The van der Waals surface area contributed by atoms with Gasteiger partial charge < -0.3 is 15.5 Å². The molecule has 0 spiro atoms. The molecule has 112 valence electrons. The maximum atomic E-state index is 11.7. The Morgan fingerprint density at radius 1 is 1.43 bits per heavy atom. The number of aromatic amines is 1. The molecule has 3 N–H and O–H groups in total. The molecule has 0 unspecified atom stereocenters. The summed E-state index contributed by atoms with van der Waals surface area (Å²) >= 11 is 1.33. The highest BCUT2D eigenvalue weighted by Crippen LogP contribution is 2.08. The summed E-state index contributed by atoms with van der Waals surface area (Å²) in [7, 11) is 3.89. The molecular formula is C13H17N5O2S. The molecule has 0 fully saturated rings. The number of carbonyl (C=O) groups is 2. The van der Waals surface area contributed by atoms with E-state index in [0.717, 1.165) is 5.69 Å². The van der Waals surface area contributed by atoms with Crippen molar-refractivity contribution < 1.29 is 9.59 Å². The minimum absolute atomic E-state index is 0.0907. The largest absolute Gasteiger partial charge is 0.342 e. The van der Waals surface area contributed by atoms with Gasteiger partial charge in [-0.25, -0.2) is 0 Å². The quantitative estimate of drug-likeness (QED) is 0.739. The van der Waals surface area contributed by atoms with Crippen LogP contribution in [-0.4, -0.2) is 47.6 Å². The van der Waals surface area contributed by atoms with E-state index in [1.165, 1.54) is 11.3 Å². The minimum Gasteiger partial charge on any atom is -0.342 e. The molecule has 2 amide bonds. The van der Waals surface area contributed by atoms with Crippen molar-refractivity contribution in [1.82, 2.24) is 20.4 Å². The number of nitrogens with one attached hydrogen (secondary N) is 3. The number of anilines is 1. The van der Waals surface area contributed by atoms with Crippen molar-refractivity contribution in [3.8, 4) is 0 Å². The minimum atomic E-state index is -0.317. The van der Waals surface area contributed by atoms with E-state index >= 15 is 0 Å². The Labute approximate surface area is 126 Å². The van der Waals surface area contributed by atoms with Crippen molar-refractivity contribution in [3.63, 3.8) is 0 Å². The standard InChI is InChI=1S/C13H17N5O2S/c1-18(2)8-9-6-11(17-16-9)15-12(19)7-14-13(20)10-4-3-5-21-10/h3-6H,7-8H2,1-2H3,(H,14,20)(H2,15,16,17,19). The first-order valence-electron chi connectivity index (χ1n) is 6.35. The van der Waals surface area contributed by atoms with Crippen LogP contribution < -0.4 is 10.6 Å². The molecule has 21 heavy (non-hydrogen) atoms. The van der Waals surface area contributed by atoms with Gasteiger partial charge in [0.05, 0.1) is 17.1 Å². The monoisotopic (exact) mass is 307 g/mol. The molecule has 2 heterocycles. The molecule has 2 aromatic rings. The summed E-state index contributed by atoms with van der Waals surface area (Å²) in [6.45, 7) is 0.616. The van der Waals surface area contributed by atoms with E-state index in [1.807, 2.05) is 24.4 Å². The molecule has 0 aliphatic rings. The Morgan fingerprint density at radius 3 is 2.90 bits per heavy atom. The number of thiophene rings is 1. The Balaban J connectivity index is 1.79. The van der Waals surface area contributed by atoms with Crippen molar-refractivity contribution in [2.45, 2.75) is 6.54 Å². The highest BCUT2D eigenvalue weighted by molar-refractivity contribution is 7.12. The number of aromatic nitrogens is 2. The van der Waals surface area contributed by atoms with Crippen LogP contribution in [0.3, 0.4) is 0 Å². The number of rotatable bonds is 6. The maximum absolute atomic E-state index is 11.7. The van der Waals surface area contributed by atoms with Gasteiger partial charge in [-0.2, -0.15) is 5.10 Å². The maximum Gasteiger partial charge on any atom is 0.261 e. The molecule has 2 rings (SSSR count). The average Bonchev–Trinajstić information content (AvgIpc) is 3.07. The van der Waals surface area contributed by atoms with Crippen LogP contribution in [0.4, 0.5) is 5.82 Å². The lowest BCUT2D eigenvalue weighted by molar-refractivity contribution is -0.115. The summed E-state index contributed by atoms with van der Waals surface area (Å²) in [5.74, 6) is -0.125. The molecule has 0 saturated carbocycles. The zero-order chi connectivity index (χ0) is 15.2. The number of H-pyrrole nitrogens is 1. The number of hydrogen-bond acceptors (Lipinski definition) is 5. The van der Waals surface area contributed by atoms with Gasteiger partial charge in [-0.05, 0) is 25.5 Å². The lowest BCUT2D eigenvalue weighted by Gasteiger charge is -2.05. The second-order valence-corrected chi connectivity index (χ2v) is 5.67. The van der Waals surface area contributed by atoms with Gasteiger partial charge in [0.25, 0.3) is 5.91 Å². The second-order valence-electron chi connectivity index (χ2n) is 4.72. The van der Waals surface area contributed by atoms with Crippen LogP contribution in [0.1, 0.15) is 15.4 Å². The molecule has 0 atom stereocenters. The third-order valence-corrected chi connectivity index (χ3v) is 3.41. The van der Waals surface area contributed by atoms with Gasteiger partial charge in [0.2, 0.25) is 5.91 Å². The molecular weight excluding hydrogens is 290 g/mol. The topological polar surface area (TPSA) is 90.1 Å². The van der Waals surface area contributed by atoms with Gasteiger partial charge in [-0.3, -0.25) is 14.7 Å². The fourth-order valence-electron chi connectivity index (χ4n) is 1.69. The molecule has 8 heteroatoms. The van der Waals surface area contributed by atoms with Crippen molar-refractivity contribution in [3.05, 3.63) is 34.2 Å². The van der Waals surface area contributed by atoms with E-state index in [1.54, 1.807) is 18.2 Å². The van der Waals surface area contributed by atoms with Crippen LogP contribution in [0.15, 0.2) is 23.6 Å². The van der Waals surface area contributed by atoms with Crippen molar-refractivity contribution >= 4 is 29.0 Å². The highest BCUT2D eigenvalue weighted by Gasteiger charge is 2.10. The van der Waals surface area contributed by atoms with Crippen molar-refractivity contribution in [2.75, 3.05) is 26.0 Å². The zero-order valence-corrected chi connectivity index (χ0v) is 12.7. The van der Waals surface area contributed by atoms with Gasteiger partial charge in [0.15, 0.2) is 5.82 Å². The predicted molar refractivity (Wildman–Crippen MR) is 81.3 cm³/mol. The Bertz CT molecular complexity index is 606. The van der Waals surface area contributed by atoms with Gasteiger partial charge in [0.1, 0.15) is 0 Å². The number of amides is 2. The Kier molecular flexibility index (Phi) is 5.07. The Hall–Kier alpha value is -2.19. The fourth-order valence-corrected chi connectivity index (χ4v) is 2.33. The van der Waals surface area contributed by atoms with Gasteiger partial charge in [0, 0.05) is 12.6 Å². The first-order valence-corrected chi connectivity index (χ1v) is 7.23. The molecule has 7 nitrogen and oxygen atoms in total. The van der Waals surface area contributed by atoms with E-state index in [9.17, 15) is 9.59 Å². The third kappa shape index (κ3) is 4.69.